The van der Waals surface area contributed by atoms with Crippen LogP contribution in [0.25, 0.3) is 11.3 Å². The van der Waals surface area contributed by atoms with Crippen LogP contribution >= 0.6 is 0 Å². The second kappa shape index (κ2) is 13.0. The van der Waals surface area contributed by atoms with Gasteiger partial charge in [0.25, 0.3) is 11.8 Å². The Morgan fingerprint density at radius 3 is 2.35 bits per heavy atom. The fourth-order valence-electron chi connectivity index (χ4n) is 5.95. The fourth-order valence-corrected chi connectivity index (χ4v) is 5.95. The molecule has 1 fully saturated rings. The molecule has 10 nitrogen and oxygen atoms in total. The first-order valence-electron chi connectivity index (χ1n) is 15.3. The van der Waals surface area contributed by atoms with E-state index in [9.17, 15) is 28.0 Å². The lowest BCUT2D eigenvalue weighted by Gasteiger charge is -2.40. The van der Waals surface area contributed by atoms with Crippen LogP contribution in [0.2, 0.25) is 0 Å². The second-order valence-electron chi connectivity index (χ2n) is 12.8. The third-order valence-electron chi connectivity index (χ3n) is 8.29. The Balaban J connectivity index is 1.50. The van der Waals surface area contributed by atoms with Crippen LogP contribution in [-0.2, 0) is 25.7 Å². The van der Waals surface area contributed by atoms with Crippen molar-refractivity contribution in [3.63, 3.8) is 0 Å². The van der Waals surface area contributed by atoms with Crippen LogP contribution in [-0.4, -0.2) is 68.2 Å². The van der Waals surface area contributed by atoms with E-state index in [1.54, 1.807) is 11.1 Å². The highest BCUT2D eigenvalue weighted by Crippen LogP contribution is 2.44. The van der Waals surface area contributed by atoms with E-state index in [2.05, 4.69) is 5.32 Å². The zero-order valence-corrected chi connectivity index (χ0v) is 26.1. The fraction of sp³-hybridized carbons (Fsp3) is 0.382. The molecule has 1 unspecified atom stereocenters. The molecule has 2 aromatic carbocycles. The number of nitrogens with zero attached hydrogens (tertiary/aromatic N) is 4. The van der Waals surface area contributed by atoms with Gasteiger partial charge in [-0.05, 0) is 55.0 Å². The van der Waals surface area contributed by atoms with Crippen LogP contribution in [0.5, 0.6) is 0 Å². The van der Waals surface area contributed by atoms with E-state index >= 15 is 0 Å². The van der Waals surface area contributed by atoms with Crippen molar-refractivity contribution in [2.45, 2.75) is 58.2 Å². The summed E-state index contributed by atoms with van der Waals surface area (Å²) in [6.07, 6.45) is 4.98. The van der Waals surface area contributed by atoms with Gasteiger partial charge in [-0.2, -0.15) is 0 Å². The van der Waals surface area contributed by atoms with Crippen molar-refractivity contribution in [1.82, 2.24) is 24.7 Å². The molecule has 0 saturated heterocycles. The minimum atomic E-state index is -1.31. The molecule has 4 amide bonds. The van der Waals surface area contributed by atoms with Crippen LogP contribution < -0.4 is 11.1 Å². The smallest absolute Gasteiger partial charge is 0.254 e. The number of nitrogens with two attached hydrogens (primary N) is 1. The Hall–Kier alpha value is -4.71. The standard InChI is InChI=1S/C34H38F2N6O4/c1-33(2,3)30(31-39-26(24-18-23(35)10-11-25(24)36)21-40(31)20-22-8-5-4-6-9-22)41(17-7-16-37)29(45)19-38-32(46)34(14-15-34)42-27(43)12-13-28(42)44/h4-6,8-13,18,21,30H,7,14-17,19-20,37H2,1-3H3,(H,38,46). The van der Waals surface area contributed by atoms with Gasteiger partial charge in [0.2, 0.25) is 11.8 Å². The van der Waals surface area contributed by atoms with Crippen molar-refractivity contribution in [3.05, 3.63) is 89.9 Å². The largest absolute Gasteiger partial charge is 0.345 e. The predicted molar refractivity (Wildman–Crippen MR) is 167 cm³/mol. The van der Waals surface area contributed by atoms with Gasteiger partial charge < -0.3 is 20.5 Å². The van der Waals surface area contributed by atoms with Gasteiger partial charge in [-0.3, -0.25) is 24.1 Å². The number of imide groups is 1. The van der Waals surface area contributed by atoms with Crippen molar-refractivity contribution < 1.29 is 28.0 Å². The maximum atomic E-state index is 15.0. The summed E-state index contributed by atoms with van der Waals surface area (Å²) in [6, 6.07) is 12.0. The van der Waals surface area contributed by atoms with E-state index in [-0.39, 0.29) is 17.8 Å². The number of hydrogen-bond donors (Lipinski definition) is 2. The first-order chi connectivity index (χ1) is 21.9. The molecule has 0 bridgehead atoms. The Morgan fingerprint density at radius 2 is 1.74 bits per heavy atom. The molecule has 1 aliphatic heterocycles. The molecule has 46 heavy (non-hydrogen) atoms. The highest BCUT2D eigenvalue weighted by atomic mass is 19.1. The number of nitrogens with one attached hydrogen (secondary N) is 1. The first kappa shape index (κ1) is 32.7. The summed E-state index contributed by atoms with van der Waals surface area (Å²) in [4.78, 5) is 59.3. The average Bonchev–Trinajstić information content (AvgIpc) is 3.60. The van der Waals surface area contributed by atoms with Crippen molar-refractivity contribution in [3.8, 4) is 11.3 Å². The predicted octanol–water partition coefficient (Wildman–Crippen LogP) is 3.72. The number of carbonyl (C=O) groups excluding carboxylic acids is 4. The summed E-state index contributed by atoms with van der Waals surface area (Å²) in [7, 11) is 0. The number of halogens is 2. The number of rotatable bonds is 12. The van der Waals surface area contributed by atoms with Crippen molar-refractivity contribution in [1.29, 1.82) is 0 Å². The van der Waals surface area contributed by atoms with Crippen LogP contribution in [0.15, 0.2) is 66.9 Å². The van der Waals surface area contributed by atoms with Gasteiger partial charge in [0.05, 0.1) is 18.3 Å². The Morgan fingerprint density at radius 1 is 1.07 bits per heavy atom. The minimum Gasteiger partial charge on any atom is -0.345 e. The van der Waals surface area contributed by atoms with Gasteiger partial charge >= 0.3 is 0 Å². The highest BCUT2D eigenvalue weighted by molar-refractivity contribution is 6.16. The van der Waals surface area contributed by atoms with E-state index < -0.39 is 58.8 Å². The SMILES string of the molecule is CC(C)(C)C(c1nc(-c2cc(F)ccc2F)cn1Cc1ccccc1)N(CCCN)C(=O)CNC(=O)C1(N2C(=O)C=CC2=O)CC1. The summed E-state index contributed by atoms with van der Waals surface area (Å²) in [5, 5.41) is 2.66. The van der Waals surface area contributed by atoms with Gasteiger partial charge in [0, 0.05) is 37.0 Å². The summed E-state index contributed by atoms with van der Waals surface area (Å²) in [5.74, 6) is -2.92. The topological polar surface area (TPSA) is 131 Å². The number of benzene rings is 2. The van der Waals surface area contributed by atoms with Crippen LogP contribution in [0.1, 0.15) is 57.5 Å². The molecular formula is C34H38F2N6O4. The number of aromatic nitrogens is 2. The van der Waals surface area contributed by atoms with E-state index in [1.165, 1.54) is 0 Å². The molecule has 1 atom stereocenters. The van der Waals surface area contributed by atoms with Crippen LogP contribution in [0, 0.1) is 17.0 Å². The van der Waals surface area contributed by atoms with E-state index in [0.717, 1.165) is 40.8 Å². The minimum absolute atomic E-state index is 0.0111. The maximum Gasteiger partial charge on any atom is 0.254 e. The lowest BCUT2D eigenvalue weighted by Crippen LogP contribution is -2.54. The van der Waals surface area contributed by atoms with Gasteiger partial charge in [0.1, 0.15) is 23.0 Å². The van der Waals surface area contributed by atoms with Gasteiger partial charge in [-0.1, -0.05) is 51.1 Å². The van der Waals surface area contributed by atoms with Gasteiger partial charge in [-0.25, -0.2) is 13.8 Å². The van der Waals surface area contributed by atoms with E-state index in [0.29, 0.717) is 38.2 Å². The quantitative estimate of drug-likeness (QED) is 0.293. The molecule has 0 spiro atoms. The number of carbonyl (C=O) groups is 4. The van der Waals surface area contributed by atoms with Crippen LogP contribution in [0.4, 0.5) is 8.78 Å². The number of amides is 4. The summed E-state index contributed by atoms with van der Waals surface area (Å²) < 4.78 is 31.0. The monoisotopic (exact) mass is 632 g/mol. The lowest BCUT2D eigenvalue weighted by molar-refractivity contribution is -0.147. The van der Waals surface area contributed by atoms with E-state index in [1.807, 2.05) is 55.7 Å². The molecule has 3 aromatic rings. The molecule has 3 N–H and O–H groups in total. The molecule has 2 aliphatic rings. The van der Waals surface area contributed by atoms with Crippen molar-refractivity contribution in [2.75, 3.05) is 19.6 Å². The molecular weight excluding hydrogens is 594 g/mol. The Kier molecular flexibility index (Phi) is 9.20. The maximum absolute atomic E-state index is 15.0. The normalized spacial score (nSPS) is 16.1. The van der Waals surface area contributed by atoms with E-state index in [4.69, 9.17) is 10.7 Å². The average molecular weight is 633 g/mol. The summed E-state index contributed by atoms with van der Waals surface area (Å²) >= 11 is 0. The summed E-state index contributed by atoms with van der Waals surface area (Å²) in [6.45, 7) is 6.30. The summed E-state index contributed by atoms with van der Waals surface area (Å²) in [5.41, 5.74) is 5.07. The number of hydrogen-bond acceptors (Lipinski definition) is 6. The molecule has 1 saturated carbocycles. The van der Waals surface area contributed by atoms with Gasteiger partial charge in [-0.15, -0.1) is 0 Å². The third kappa shape index (κ3) is 6.62. The Bertz CT molecular complexity index is 1660. The highest BCUT2D eigenvalue weighted by Gasteiger charge is 2.59. The second-order valence-corrected chi connectivity index (χ2v) is 12.8. The van der Waals surface area contributed by atoms with Crippen LogP contribution in [0.3, 0.4) is 0 Å². The molecule has 0 radical (unpaired) electrons. The lowest BCUT2D eigenvalue weighted by atomic mass is 9.84. The molecule has 5 rings (SSSR count). The molecule has 242 valence electrons. The third-order valence-corrected chi connectivity index (χ3v) is 8.29. The Labute approximate surface area is 266 Å². The van der Waals surface area contributed by atoms with Gasteiger partial charge in [0.15, 0.2) is 0 Å². The van der Waals surface area contributed by atoms with Crippen molar-refractivity contribution in [2.24, 2.45) is 11.1 Å². The zero-order chi connectivity index (χ0) is 33.2. The molecule has 1 aromatic heterocycles. The molecule has 12 heteroatoms. The zero-order valence-electron chi connectivity index (χ0n) is 26.1. The first-order valence-corrected chi connectivity index (χ1v) is 15.3. The molecule has 2 heterocycles. The van der Waals surface area contributed by atoms with Crippen molar-refractivity contribution >= 4 is 23.6 Å². The molecule has 1 aliphatic carbocycles. The number of imidazole rings is 1.